The van der Waals surface area contributed by atoms with Crippen LogP contribution in [0.4, 0.5) is 0 Å². The monoisotopic (exact) mass is 291 g/mol. The van der Waals surface area contributed by atoms with Crippen LogP contribution in [0, 0.1) is 5.41 Å². The number of ether oxygens (including phenoxy) is 3. The lowest BCUT2D eigenvalue weighted by molar-refractivity contribution is -0.158. The summed E-state index contributed by atoms with van der Waals surface area (Å²) in [4.78, 5) is 33.1. The summed E-state index contributed by atoms with van der Waals surface area (Å²) < 4.78 is 14.6. The summed E-state index contributed by atoms with van der Waals surface area (Å²) in [5.74, 6) is -1.86. The van der Waals surface area contributed by atoms with Gasteiger partial charge in [0.05, 0.1) is 25.0 Å². The predicted molar refractivity (Wildman–Crippen MR) is 68.1 cm³/mol. The molecular weight excluding hydrogens is 270 g/mol. The van der Waals surface area contributed by atoms with Crippen LogP contribution in [0.15, 0.2) is 0 Å². The smallest absolute Gasteiger partial charge is 0.319 e. The molecule has 0 aliphatic carbocycles. The summed E-state index contributed by atoms with van der Waals surface area (Å²) in [7, 11) is 0. The van der Waals surface area contributed by atoms with Gasteiger partial charge < -0.3 is 31.4 Å². The van der Waals surface area contributed by atoms with Crippen molar-refractivity contribution in [1.82, 2.24) is 0 Å². The van der Waals surface area contributed by atoms with Crippen molar-refractivity contribution in [2.24, 2.45) is 22.6 Å². The summed E-state index contributed by atoms with van der Waals surface area (Å²) in [6.45, 7) is 0.407. The normalized spacial score (nSPS) is 10.8. The quantitative estimate of drug-likeness (QED) is 0.308. The van der Waals surface area contributed by atoms with Gasteiger partial charge in [-0.1, -0.05) is 0 Å². The van der Waals surface area contributed by atoms with E-state index >= 15 is 0 Å². The van der Waals surface area contributed by atoms with E-state index in [0.29, 0.717) is 0 Å². The van der Waals surface area contributed by atoms with Crippen molar-refractivity contribution >= 4 is 17.9 Å². The Morgan fingerprint density at radius 1 is 0.750 bits per heavy atom. The van der Waals surface area contributed by atoms with E-state index in [1.807, 2.05) is 0 Å². The molecule has 0 amide bonds. The first-order valence-electron chi connectivity index (χ1n) is 5.94. The van der Waals surface area contributed by atoms with Gasteiger partial charge in [-0.25, -0.2) is 0 Å². The van der Waals surface area contributed by atoms with E-state index in [2.05, 4.69) is 0 Å². The zero-order valence-corrected chi connectivity index (χ0v) is 11.4. The molecule has 0 aromatic heterocycles. The van der Waals surface area contributed by atoms with Crippen LogP contribution in [0.2, 0.25) is 0 Å². The molecule has 9 nitrogen and oxygen atoms in total. The van der Waals surface area contributed by atoms with E-state index in [0.717, 1.165) is 0 Å². The van der Waals surface area contributed by atoms with Crippen molar-refractivity contribution in [1.29, 1.82) is 0 Å². The van der Waals surface area contributed by atoms with Gasteiger partial charge >= 0.3 is 17.9 Å². The second-order valence-electron chi connectivity index (χ2n) is 4.41. The van der Waals surface area contributed by atoms with Gasteiger partial charge in [0, 0.05) is 0 Å². The van der Waals surface area contributed by atoms with Crippen LogP contribution in [0.3, 0.4) is 0 Å². The highest BCUT2D eigenvalue weighted by molar-refractivity contribution is 5.72. The van der Waals surface area contributed by atoms with Gasteiger partial charge in [0.1, 0.15) is 19.8 Å². The molecule has 0 rings (SSSR count). The summed E-state index contributed by atoms with van der Waals surface area (Å²) >= 11 is 0. The Kier molecular flexibility index (Phi) is 8.45. The lowest BCUT2D eigenvalue weighted by Gasteiger charge is -2.27. The first-order valence-corrected chi connectivity index (χ1v) is 5.94. The third-order valence-corrected chi connectivity index (χ3v) is 2.24. The molecule has 6 N–H and O–H groups in total. The second kappa shape index (κ2) is 9.23. The Labute approximate surface area is 116 Å². The second-order valence-corrected chi connectivity index (χ2v) is 4.41. The van der Waals surface area contributed by atoms with Crippen molar-refractivity contribution in [3.63, 3.8) is 0 Å². The van der Waals surface area contributed by atoms with Crippen LogP contribution in [0.5, 0.6) is 0 Å². The highest BCUT2D eigenvalue weighted by Crippen LogP contribution is 2.18. The van der Waals surface area contributed by atoms with Gasteiger partial charge in [0.2, 0.25) is 0 Å². The molecule has 0 atom stereocenters. The molecule has 20 heavy (non-hydrogen) atoms. The number of nitrogens with two attached hydrogens (primary N) is 3. The number of hydrogen-bond donors (Lipinski definition) is 3. The first-order chi connectivity index (χ1) is 9.36. The molecule has 0 fully saturated rings. The van der Waals surface area contributed by atoms with Crippen LogP contribution in [0.25, 0.3) is 0 Å². The molecule has 0 heterocycles. The van der Waals surface area contributed by atoms with Crippen molar-refractivity contribution in [2.45, 2.75) is 6.92 Å². The zero-order valence-electron chi connectivity index (χ0n) is 11.4. The fraction of sp³-hybridized carbons (Fsp3) is 0.727. The highest BCUT2D eigenvalue weighted by atomic mass is 16.6. The standard InChI is InChI=1S/C11H21N3O6/c1-11(5-18-8(15)2-12,6-19-9(16)3-13)7-20-10(17)4-14/h2-7,12-14H2,1H3. The largest absolute Gasteiger partial charge is 0.464 e. The number of carbonyl (C=O) groups is 3. The van der Waals surface area contributed by atoms with Gasteiger partial charge in [-0.3, -0.25) is 14.4 Å². The Morgan fingerprint density at radius 2 is 1.00 bits per heavy atom. The Hall–Kier alpha value is -1.71. The van der Waals surface area contributed by atoms with E-state index in [-0.39, 0.29) is 39.5 Å². The Bertz CT molecular complexity index is 297. The van der Waals surface area contributed by atoms with Gasteiger partial charge in [-0.15, -0.1) is 0 Å². The summed E-state index contributed by atoms with van der Waals surface area (Å²) in [6.07, 6.45) is 0. The third-order valence-electron chi connectivity index (χ3n) is 2.24. The predicted octanol–water partition coefficient (Wildman–Crippen LogP) is -2.50. The summed E-state index contributed by atoms with van der Waals surface area (Å²) in [6, 6.07) is 0. The molecule has 0 aliphatic heterocycles. The molecule has 0 saturated heterocycles. The lowest BCUT2D eigenvalue weighted by atomic mass is 9.94. The average Bonchev–Trinajstić information content (AvgIpc) is 2.47. The van der Waals surface area contributed by atoms with Crippen LogP contribution in [-0.2, 0) is 28.6 Å². The maximum atomic E-state index is 11.0. The molecule has 0 aliphatic rings. The van der Waals surface area contributed by atoms with E-state index in [4.69, 9.17) is 31.4 Å². The molecule has 0 aromatic carbocycles. The van der Waals surface area contributed by atoms with Gasteiger partial charge in [-0.2, -0.15) is 0 Å². The van der Waals surface area contributed by atoms with E-state index in [1.54, 1.807) is 6.92 Å². The minimum Gasteiger partial charge on any atom is -0.464 e. The SMILES string of the molecule is CC(COC(=O)CN)(COC(=O)CN)COC(=O)CN. The summed E-state index contributed by atoms with van der Waals surface area (Å²) in [5, 5.41) is 0. The molecule has 0 bridgehead atoms. The van der Waals surface area contributed by atoms with Crippen LogP contribution in [-0.4, -0.2) is 57.4 Å². The van der Waals surface area contributed by atoms with Crippen molar-refractivity contribution in [3.8, 4) is 0 Å². The lowest BCUT2D eigenvalue weighted by Crippen LogP contribution is -2.38. The number of hydrogen-bond acceptors (Lipinski definition) is 9. The Morgan fingerprint density at radius 3 is 1.20 bits per heavy atom. The minimum atomic E-state index is -0.902. The number of carbonyl (C=O) groups excluding carboxylic acids is 3. The third kappa shape index (κ3) is 7.67. The number of rotatable bonds is 9. The molecule has 0 aromatic rings. The molecule has 9 heteroatoms. The van der Waals surface area contributed by atoms with Crippen LogP contribution >= 0.6 is 0 Å². The van der Waals surface area contributed by atoms with E-state index in [9.17, 15) is 14.4 Å². The molecular formula is C11H21N3O6. The average molecular weight is 291 g/mol. The van der Waals surface area contributed by atoms with Gasteiger partial charge in [0.15, 0.2) is 0 Å². The van der Waals surface area contributed by atoms with Crippen LogP contribution in [0.1, 0.15) is 6.92 Å². The Balaban J connectivity index is 4.51. The van der Waals surface area contributed by atoms with Crippen LogP contribution < -0.4 is 17.2 Å². The number of esters is 3. The van der Waals surface area contributed by atoms with Gasteiger partial charge in [-0.05, 0) is 6.92 Å². The molecule has 0 unspecified atom stereocenters. The topological polar surface area (TPSA) is 157 Å². The fourth-order valence-corrected chi connectivity index (χ4v) is 1.07. The van der Waals surface area contributed by atoms with Gasteiger partial charge in [0.25, 0.3) is 0 Å². The van der Waals surface area contributed by atoms with Crippen molar-refractivity contribution < 1.29 is 28.6 Å². The molecule has 0 radical (unpaired) electrons. The first kappa shape index (κ1) is 18.3. The highest BCUT2D eigenvalue weighted by Gasteiger charge is 2.30. The van der Waals surface area contributed by atoms with E-state index < -0.39 is 23.3 Å². The summed E-state index contributed by atoms with van der Waals surface area (Å²) in [5.41, 5.74) is 14.4. The van der Waals surface area contributed by atoms with E-state index in [1.165, 1.54) is 0 Å². The maximum Gasteiger partial charge on any atom is 0.319 e. The molecule has 0 saturated carbocycles. The minimum absolute atomic E-state index is 0.126. The molecule has 0 spiro atoms. The van der Waals surface area contributed by atoms with Crippen molar-refractivity contribution in [3.05, 3.63) is 0 Å². The zero-order chi connectivity index (χ0) is 15.6. The molecule has 116 valence electrons. The maximum absolute atomic E-state index is 11.0. The van der Waals surface area contributed by atoms with Crippen molar-refractivity contribution in [2.75, 3.05) is 39.5 Å². The fourth-order valence-electron chi connectivity index (χ4n) is 1.07.